The maximum atomic E-state index is 5.51. The van der Waals surface area contributed by atoms with E-state index in [-0.39, 0.29) is 0 Å². The van der Waals surface area contributed by atoms with Crippen molar-refractivity contribution in [1.29, 1.82) is 0 Å². The lowest BCUT2D eigenvalue weighted by Gasteiger charge is -2.30. The zero-order valence-corrected chi connectivity index (χ0v) is 9.01. The SMILES string of the molecule is CCCC(C)N(C)C(C)CCN. The lowest BCUT2D eigenvalue weighted by Crippen LogP contribution is -2.37. The fourth-order valence-corrected chi connectivity index (χ4v) is 1.50. The Bertz CT molecular complexity index is 92.0. The summed E-state index contributed by atoms with van der Waals surface area (Å²) in [6.45, 7) is 7.57. The first-order valence-corrected chi connectivity index (χ1v) is 5.05. The van der Waals surface area contributed by atoms with Crippen molar-refractivity contribution in [2.24, 2.45) is 5.73 Å². The van der Waals surface area contributed by atoms with Gasteiger partial charge in [0.1, 0.15) is 0 Å². The number of nitrogens with zero attached hydrogens (tertiary/aromatic N) is 1. The summed E-state index contributed by atoms with van der Waals surface area (Å²) in [6, 6.07) is 1.31. The highest BCUT2D eigenvalue weighted by molar-refractivity contribution is 4.69. The van der Waals surface area contributed by atoms with Gasteiger partial charge < -0.3 is 10.6 Å². The standard InChI is InChI=1S/C10H24N2/c1-5-6-9(2)12(4)10(3)7-8-11/h9-10H,5-8,11H2,1-4H3. The predicted octanol–water partition coefficient (Wildman–Crippen LogP) is 1.84. The minimum Gasteiger partial charge on any atom is -0.330 e. The van der Waals surface area contributed by atoms with E-state index in [4.69, 9.17) is 5.73 Å². The van der Waals surface area contributed by atoms with Gasteiger partial charge in [0.25, 0.3) is 0 Å². The molecule has 0 fully saturated rings. The molecule has 2 N–H and O–H groups in total. The van der Waals surface area contributed by atoms with E-state index in [9.17, 15) is 0 Å². The molecule has 2 heteroatoms. The Balaban J connectivity index is 3.73. The molecule has 74 valence electrons. The predicted molar refractivity (Wildman–Crippen MR) is 55.3 cm³/mol. The van der Waals surface area contributed by atoms with Gasteiger partial charge in [-0.3, -0.25) is 0 Å². The lowest BCUT2D eigenvalue weighted by molar-refractivity contribution is 0.180. The molecule has 12 heavy (non-hydrogen) atoms. The smallest absolute Gasteiger partial charge is 0.00787 e. The van der Waals surface area contributed by atoms with Crippen molar-refractivity contribution in [2.75, 3.05) is 13.6 Å². The van der Waals surface area contributed by atoms with Crippen molar-refractivity contribution in [3.63, 3.8) is 0 Å². The van der Waals surface area contributed by atoms with Crippen molar-refractivity contribution in [3.05, 3.63) is 0 Å². The molecular weight excluding hydrogens is 148 g/mol. The van der Waals surface area contributed by atoms with Crippen molar-refractivity contribution in [2.45, 2.75) is 52.1 Å². The normalized spacial score (nSPS) is 16.5. The second-order valence-corrected chi connectivity index (χ2v) is 3.73. The molecule has 0 saturated carbocycles. The molecule has 0 aliphatic carbocycles. The Morgan fingerprint density at radius 1 is 1.17 bits per heavy atom. The second kappa shape index (κ2) is 6.44. The van der Waals surface area contributed by atoms with Crippen molar-refractivity contribution >= 4 is 0 Å². The van der Waals surface area contributed by atoms with Crippen molar-refractivity contribution < 1.29 is 0 Å². The molecule has 0 rings (SSSR count). The van der Waals surface area contributed by atoms with Crippen LogP contribution in [0.15, 0.2) is 0 Å². The molecule has 0 bridgehead atoms. The minimum absolute atomic E-state index is 0.622. The van der Waals surface area contributed by atoms with Crippen LogP contribution in [0.25, 0.3) is 0 Å². The highest BCUT2D eigenvalue weighted by Crippen LogP contribution is 2.09. The number of hydrogen-bond donors (Lipinski definition) is 1. The van der Waals surface area contributed by atoms with Gasteiger partial charge in [0.05, 0.1) is 0 Å². The van der Waals surface area contributed by atoms with Crippen LogP contribution in [-0.2, 0) is 0 Å². The molecular formula is C10H24N2. The number of rotatable bonds is 6. The van der Waals surface area contributed by atoms with E-state index in [1.165, 1.54) is 12.8 Å². The maximum Gasteiger partial charge on any atom is 0.00787 e. The summed E-state index contributed by atoms with van der Waals surface area (Å²) in [5.74, 6) is 0. The first-order chi connectivity index (χ1) is 5.63. The Labute approximate surface area is 77.1 Å². The zero-order valence-electron chi connectivity index (χ0n) is 9.01. The maximum absolute atomic E-state index is 5.51. The highest BCUT2D eigenvalue weighted by Gasteiger charge is 2.13. The van der Waals surface area contributed by atoms with Gasteiger partial charge in [-0.1, -0.05) is 13.3 Å². The third-order valence-electron chi connectivity index (χ3n) is 2.68. The fraction of sp³-hybridized carbons (Fsp3) is 1.00. The van der Waals surface area contributed by atoms with Gasteiger partial charge in [-0.25, -0.2) is 0 Å². The summed E-state index contributed by atoms with van der Waals surface area (Å²) in [5, 5.41) is 0. The molecule has 0 aromatic heterocycles. The van der Waals surface area contributed by atoms with Crippen LogP contribution < -0.4 is 5.73 Å². The van der Waals surface area contributed by atoms with E-state index in [0.717, 1.165) is 13.0 Å². The van der Waals surface area contributed by atoms with E-state index in [1.54, 1.807) is 0 Å². The molecule has 0 radical (unpaired) electrons. The zero-order chi connectivity index (χ0) is 9.56. The van der Waals surface area contributed by atoms with Gasteiger partial charge in [0.2, 0.25) is 0 Å². The minimum atomic E-state index is 0.622. The molecule has 2 unspecified atom stereocenters. The molecule has 0 amide bonds. The van der Waals surface area contributed by atoms with Crippen LogP contribution in [0.1, 0.15) is 40.0 Å². The summed E-state index contributed by atoms with van der Waals surface area (Å²) < 4.78 is 0. The summed E-state index contributed by atoms with van der Waals surface area (Å²) in [4.78, 5) is 2.43. The molecule has 2 atom stereocenters. The molecule has 0 aromatic rings. The summed E-state index contributed by atoms with van der Waals surface area (Å²) in [6.07, 6.45) is 3.65. The first kappa shape index (κ1) is 11.9. The van der Waals surface area contributed by atoms with E-state index in [1.807, 2.05) is 0 Å². The second-order valence-electron chi connectivity index (χ2n) is 3.73. The van der Waals surface area contributed by atoms with Crippen LogP contribution in [0.4, 0.5) is 0 Å². The quantitative estimate of drug-likeness (QED) is 0.662. The van der Waals surface area contributed by atoms with E-state index in [2.05, 4.69) is 32.7 Å². The van der Waals surface area contributed by atoms with E-state index < -0.39 is 0 Å². The molecule has 0 aromatic carbocycles. The van der Waals surface area contributed by atoms with Gasteiger partial charge in [-0.05, 0) is 40.3 Å². The Kier molecular flexibility index (Phi) is 6.39. The van der Waals surface area contributed by atoms with E-state index >= 15 is 0 Å². The van der Waals surface area contributed by atoms with Gasteiger partial charge >= 0.3 is 0 Å². The lowest BCUT2D eigenvalue weighted by atomic mass is 10.1. The van der Waals surface area contributed by atoms with Crippen LogP contribution in [0.2, 0.25) is 0 Å². The summed E-state index contributed by atoms with van der Waals surface area (Å²) >= 11 is 0. The molecule has 2 nitrogen and oxygen atoms in total. The van der Waals surface area contributed by atoms with E-state index in [0.29, 0.717) is 12.1 Å². The van der Waals surface area contributed by atoms with Gasteiger partial charge in [-0.2, -0.15) is 0 Å². The average molecular weight is 172 g/mol. The summed E-state index contributed by atoms with van der Waals surface area (Å²) in [5.41, 5.74) is 5.51. The molecule has 0 aliphatic heterocycles. The molecule has 0 aliphatic rings. The number of hydrogen-bond acceptors (Lipinski definition) is 2. The van der Waals surface area contributed by atoms with Crippen LogP contribution >= 0.6 is 0 Å². The monoisotopic (exact) mass is 172 g/mol. The highest BCUT2D eigenvalue weighted by atomic mass is 15.1. The Morgan fingerprint density at radius 2 is 1.67 bits per heavy atom. The molecule has 0 heterocycles. The van der Waals surface area contributed by atoms with Crippen LogP contribution in [-0.4, -0.2) is 30.6 Å². The van der Waals surface area contributed by atoms with Crippen LogP contribution in [0.3, 0.4) is 0 Å². The fourth-order valence-electron chi connectivity index (χ4n) is 1.50. The van der Waals surface area contributed by atoms with Gasteiger partial charge in [-0.15, -0.1) is 0 Å². The average Bonchev–Trinajstić information content (AvgIpc) is 2.04. The summed E-state index contributed by atoms with van der Waals surface area (Å²) in [7, 11) is 2.20. The Hall–Kier alpha value is -0.0800. The van der Waals surface area contributed by atoms with Crippen LogP contribution in [0, 0.1) is 0 Å². The van der Waals surface area contributed by atoms with Gasteiger partial charge in [0, 0.05) is 12.1 Å². The first-order valence-electron chi connectivity index (χ1n) is 5.05. The van der Waals surface area contributed by atoms with Crippen LogP contribution in [0.5, 0.6) is 0 Å². The molecule has 0 saturated heterocycles. The van der Waals surface area contributed by atoms with Crippen molar-refractivity contribution in [1.82, 2.24) is 4.90 Å². The topological polar surface area (TPSA) is 29.3 Å². The number of nitrogens with two attached hydrogens (primary N) is 1. The van der Waals surface area contributed by atoms with Crippen molar-refractivity contribution in [3.8, 4) is 0 Å². The molecule has 0 spiro atoms. The Morgan fingerprint density at radius 3 is 2.08 bits per heavy atom. The largest absolute Gasteiger partial charge is 0.330 e. The third kappa shape index (κ3) is 4.07. The van der Waals surface area contributed by atoms with Gasteiger partial charge in [0.15, 0.2) is 0 Å². The third-order valence-corrected chi connectivity index (χ3v) is 2.68.